The van der Waals surface area contributed by atoms with Crippen molar-refractivity contribution in [3.63, 3.8) is 0 Å². The Hall–Kier alpha value is -1.64. The van der Waals surface area contributed by atoms with Crippen LogP contribution in [0.3, 0.4) is 0 Å². The van der Waals surface area contributed by atoms with Crippen LogP contribution in [0.2, 0.25) is 0 Å². The normalized spacial score (nSPS) is 14.5. The van der Waals surface area contributed by atoms with Gasteiger partial charge in [-0.1, -0.05) is 30.3 Å². The van der Waals surface area contributed by atoms with Crippen LogP contribution in [0.4, 0.5) is 11.4 Å². The predicted octanol–water partition coefficient (Wildman–Crippen LogP) is 3.20. The van der Waals surface area contributed by atoms with Gasteiger partial charge in [0.05, 0.1) is 25.4 Å². The van der Waals surface area contributed by atoms with E-state index in [1.165, 1.54) is 11.3 Å². The molecular weight excluding hydrogens is 441 g/mol. The molecule has 0 bridgehead atoms. The van der Waals surface area contributed by atoms with Gasteiger partial charge in [0.25, 0.3) is 0 Å². The maximum atomic E-state index is 12.4. The van der Waals surface area contributed by atoms with Crippen molar-refractivity contribution in [3.8, 4) is 0 Å². The highest BCUT2D eigenvalue weighted by atomic mass is 127. The van der Waals surface area contributed by atoms with E-state index in [-0.39, 0.29) is 5.91 Å². The number of halogens is 1. The molecule has 0 spiro atoms. The molecule has 0 saturated carbocycles. The topological polar surface area (TPSA) is 44.8 Å². The number of ether oxygens (including phenoxy) is 1. The fraction of sp³-hybridized carbons (Fsp3) is 0.350. The third-order valence-electron chi connectivity index (χ3n) is 4.35. The fourth-order valence-corrected chi connectivity index (χ4v) is 3.62. The second-order valence-corrected chi connectivity index (χ2v) is 7.59. The van der Waals surface area contributed by atoms with Gasteiger partial charge in [0.1, 0.15) is 0 Å². The van der Waals surface area contributed by atoms with Crippen molar-refractivity contribution in [2.24, 2.45) is 0 Å². The molecule has 0 atom stereocenters. The minimum Gasteiger partial charge on any atom is -0.378 e. The molecule has 2 aromatic rings. The van der Waals surface area contributed by atoms with E-state index in [1.807, 2.05) is 36.2 Å². The van der Waals surface area contributed by atoms with Crippen molar-refractivity contribution in [2.45, 2.75) is 6.54 Å². The Kier molecular flexibility index (Phi) is 6.87. The van der Waals surface area contributed by atoms with E-state index in [4.69, 9.17) is 4.74 Å². The zero-order chi connectivity index (χ0) is 18.4. The lowest BCUT2D eigenvalue weighted by Crippen LogP contribution is -2.37. The van der Waals surface area contributed by atoms with E-state index in [1.54, 1.807) is 0 Å². The zero-order valence-corrected chi connectivity index (χ0v) is 17.1. The lowest BCUT2D eigenvalue weighted by Gasteiger charge is -2.31. The summed E-state index contributed by atoms with van der Waals surface area (Å²) in [4.78, 5) is 16.8. The van der Waals surface area contributed by atoms with Crippen LogP contribution >= 0.6 is 22.6 Å². The molecule has 1 aliphatic heterocycles. The molecule has 1 amide bonds. The second kappa shape index (κ2) is 9.34. The molecule has 2 aromatic carbocycles. The number of amides is 1. The number of benzene rings is 2. The van der Waals surface area contributed by atoms with Gasteiger partial charge >= 0.3 is 0 Å². The molecule has 138 valence electrons. The maximum absolute atomic E-state index is 12.4. The highest BCUT2D eigenvalue weighted by Crippen LogP contribution is 2.23. The highest BCUT2D eigenvalue weighted by molar-refractivity contribution is 14.1. The maximum Gasteiger partial charge on any atom is 0.238 e. The van der Waals surface area contributed by atoms with Crippen LogP contribution in [0.15, 0.2) is 48.5 Å². The number of para-hydroxylation sites is 2. The molecular formula is C20H24IN3O2. The molecule has 1 fully saturated rings. The highest BCUT2D eigenvalue weighted by Gasteiger charge is 2.16. The molecule has 3 rings (SSSR count). The average Bonchev–Trinajstić information content (AvgIpc) is 2.64. The van der Waals surface area contributed by atoms with E-state index >= 15 is 0 Å². The van der Waals surface area contributed by atoms with Gasteiger partial charge < -0.3 is 15.0 Å². The Morgan fingerprint density at radius 3 is 2.62 bits per heavy atom. The Bertz CT molecular complexity index is 747. The monoisotopic (exact) mass is 465 g/mol. The van der Waals surface area contributed by atoms with Gasteiger partial charge in [-0.2, -0.15) is 0 Å². The number of morpholine rings is 1. The number of carbonyl (C=O) groups is 1. The van der Waals surface area contributed by atoms with E-state index in [9.17, 15) is 4.79 Å². The first-order valence-corrected chi connectivity index (χ1v) is 9.85. The fourth-order valence-electron chi connectivity index (χ4n) is 3.10. The van der Waals surface area contributed by atoms with Gasteiger partial charge in [0.15, 0.2) is 0 Å². The molecule has 0 unspecified atom stereocenters. The lowest BCUT2D eigenvalue weighted by atomic mass is 10.1. The number of hydrogen-bond acceptors (Lipinski definition) is 4. The van der Waals surface area contributed by atoms with Gasteiger partial charge in [-0.3, -0.25) is 9.69 Å². The average molecular weight is 465 g/mol. The van der Waals surface area contributed by atoms with Crippen molar-refractivity contribution in [2.75, 3.05) is 50.1 Å². The van der Waals surface area contributed by atoms with Crippen LogP contribution in [0.5, 0.6) is 0 Å². The van der Waals surface area contributed by atoms with Gasteiger partial charge in [-0.25, -0.2) is 0 Å². The van der Waals surface area contributed by atoms with E-state index < -0.39 is 0 Å². The van der Waals surface area contributed by atoms with Crippen molar-refractivity contribution in [1.29, 1.82) is 0 Å². The first-order valence-electron chi connectivity index (χ1n) is 8.77. The van der Waals surface area contributed by atoms with Gasteiger partial charge in [0.2, 0.25) is 5.91 Å². The molecule has 5 nitrogen and oxygen atoms in total. The number of rotatable bonds is 6. The number of nitrogens with one attached hydrogen (secondary N) is 1. The molecule has 1 heterocycles. The first-order chi connectivity index (χ1) is 12.6. The molecule has 26 heavy (non-hydrogen) atoms. The molecule has 0 aliphatic carbocycles. The lowest BCUT2D eigenvalue weighted by molar-refractivity contribution is -0.117. The van der Waals surface area contributed by atoms with Crippen LogP contribution in [0, 0.1) is 3.57 Å². The summed E-state index contributed by atoms with van der Waals surface area (Å²) in [5, 5.41) is 2.99. The summed E-state index contributed by atoms with van der Waals surface area (Å²) in [6, 6.07) is 16.2. The first kappa shape index (κ1) is 19.1. The number of carbonyl (C=O) groups excluding carboxylic acids is 1. The molecule has 0 aromatic heterocycles. The standard InChI is InChI=1S/C20H24IN3O2/c1-23(15-20(25)22-18-8-4-3-7-17(18)21)14-16-6-2-5-9-19(16)24-10-12-26-13-11-24/h2-9H,10-15H2,1H3,(H,22,25). The number of likely N-dealkylation sites (N-methyl/N-ethyl adjacent to an activating group) is 1. The number of anilines is 2. The summed E-state index contributed by atoms with van der Waals surface area (Å²) in [6.07, 6.45) is 0. The molecule has 0 radical (unpaired) electrons. The van der Waals surface area contributed by atoms with Crippen molar-refractivity contribution in [3.05, 3.63) is 57.7 Å². The van der Waals surface area contributed by atoms with Crippen LogP contribution < -0.4 is 10.2 Å². The predicted molar refractivity (Wildman–Crippen MR) is 114 cm³/mol. The molecule has 1 aliphatic rings. The second-order valence-electron chi connectivity index (χ2n) is 6.43. The quantitative estimate of drug-likeness (QED) is 0.666. The molecule has 1 N–H and O–H groups in total. The van der Waals surface area contributed by atoms with Crippen LogP contribution in [-0.4, -0.2) is 50.7 Å². The smallest absolute Gasteiger partial charge is 0.238 e. The van der Waals surface area contributed by atoms with E-state index in [0.717, 1.165) is 42.1 Å². The van der Waals surface area contributed by atoms with E-state index in [2.05, 4.69) is 57.1 Å². The number of hydrogen-bond donors (Lipinski definition) is 1. The van der Waals surface area contributed by atoms with Crippen molar-refractivity contribution >= 4 is 39.9 Å². The van der Waals surface area contributed by atoms with Gasteiger partial charge in [-0.05, 0) is 53.4 Å². The summed E-state index contributed by atoms with van der Waals surface area (Å²) in [6.45, 7) is 4.43. The van der Waals surface area contributed by atoms with Crippen LogP contribution in [0.1, 0.15) is 5.56 Å². The number of nitrogens with zero attached hydrogens (tertiary/aromatic N) is 2. The van der Waals surface area contributed by atoms with Crippen molar-refractivity contribution < 1.29 is 9.53 Å². The summed E-state index contributed by atoms with van der Waals surface area (Å²) >= 11 is 2.23. The Morgan fingerprint density at radius 2 is 1.85 bits per heavy atom. The van der Waals surface area contributed by atoms with E-state index in [0.29, 0.717) is 6.54 Å². The Morgan fingerprint density at radius 1 is 1.15 bits per heavy atom. The molecule has 1 saturated heterocycles. The largest absolute Gasteiger partial charge is 0.378 e. The van der Waals surface area contributed by atoms with Gasteiger partial charge in [0, 0.05) is 28.9 Å². The summed E-state index contributed by atoms with van der Waals surface area (Å²) < 4.78 is 6.50. The van der Waals surface area contributed by atoms with Crippen LogP contribution in [0.25, 0.3) is 0 Å². The third-order valence-corrected chi connectivity index (χ3v) is 5.29. The SMILES string of the molecule is CN(CC(=O)Nc1ccccc1I)Cc1ccccc1N1CCOCC1. The Balaban J connectivity index is 1.60. The zero-order valence-electron chi connectivity index (χ0n) is 15.0. The summed E-state index contributed by atoms with van der Waals surface area (Å²) in [5.74, 6) is 0.000435. The van der Waals surface area contributed by atoms with Crippen molar-refractivity contribution in [1.82, 2.24) is 4.90 Å². The summed E-state index contributed by atoms with van der Waals surface area (Å²) in [5.41, 5.74) is 3.33. The minimum atomic E-state index is 0.000435. The molecule has 6 heteroatoms. The summed E-state index contributed by atoms with van der Waals surface area (Å²) in [7, 11) is 1.98. The van der Waals surface area contributed by atoms with Crippen LogP contribution in [-0.2, 0) is 16.1 Å². The minimum absolute atomic E-state index is 0.000435. The van der Waals surface area contributed by atoms with Gasteiger partial charge in [-0.15, -0.1) is 0 Å². The Labute approximate surface area is 168 Å². The third kappa shape index (κ3) is 5.18.